The summed E-state index contributed by atoms with van der Waals surface area (Å²) in [4.78, 5) is 10.6. The van der Waals surface area contributed by atoms with Crippen molar-refractivity contribution < 1.29 is 19.4 Å². The van der Waals surface area contributed by atoms with Gasteiger partial charge >= 0.3 is 5.97 Å². The SMILES string of the molecule is COc1cc(C#N)ccc1Oc1ccc(C(=O)O)nn1. The predicted octanol–water partition coefficient (Wildman–Crippen LogP) is 1.85. The van der Waals surface area contributed by atoms with Crippen LogP contribution < -0.4 is 9.47 Å². The summed E-state index contributed by atoms with van der Waals surface area (Å²) >= 11 is 0. The lowest BCUT2D eigenvalue weighted by atomic mass is 10.2. The van der Waals surface area contributed by atoms with E-state index in [-0.39, 0.29) is 11.6 Å². The lowest BCUT2D eigenvalue weighted by molar-refractivity contribution is 0.0689. The minimum atomic E-state index is -1.17. The van der Waals surface area contributed by atoms with E-state index in [1.54, 1.807) is 12.1 Å². The van der Waals surface area contributed by atoms with E-state index in [9.17, 15) is 4.79 Å². The molecule has 0 aliphatic carbocycles. The predicted molar refractivity (Wildman–Crippen MR) is 66.8 cm³/mol. The van der Waals surface area contributed by atoms with Crippen LogP contribution in [0.25, 0.3) is 0 Å². The first-order valence-corrected chi connectivity index (χ1v) is 5.47. The molecule has 2 aromatic rings. The van der Waals surface area contributed by atoms with Crippen LogP contribution in [0.3, 0.4) is 0 Å². The summed E-state index contributed by atoms with van der Waals surface area (Å²) in [6.45, 7) is 0. The van der Waals surface area contributed by atoms with Gasteiger partial charge in [0, 0.05) is 12.1 Å². The number of rotatable bonds is 4. The summed E-state index contributed by atoms with van der Waals surface area (Å²) in [5, 5.41) is 24.6. The third-order valence-corrected chi connectivity index (χ3v) is 2.37. The summed E-state index contributed by atoms with van der Waals surface area (Å²) < 4.78 is 10.5. The highest BCUT2D eigenvalue weighted by molar-refractivity contribution is 5.84. The molecule has 0 amide bonds. The summed E-state index contributed by atoms with van der Waals surface area (Å²) in [5.41, 5.74) is 0.255. The number of carboxylic acids is 1. The monoisotopic (exact) mass is 271 g/mol. The van der Waals surface area contributed by atoms with Gasteiger partial charge in [-0.25, -0.2) is 4.79 Å². The Morgan fingerprint density at radius 3 is 2.60 bits per heavy atom. The second kappa shape index (κ2) is 5.67. The van der Waals surface area contributed by atoms with Gasteiger partial charge in [0.1, 0.15) is 0 Å². The molecular formula is C13H9N3O4. The van der Waals surface area contributed by atoms with Gasteiger partial charge in [0.25, 0.3) is 0 Å². The third kappa shape index (κ3) is 2.81. The Morgan fingerprint density at radius 1 is 1.25 bits per heavy atom. The molecular weight excluding hydrogens is 262 g/mol. The van der Waals surface area contributed by atoms with Gasteiger partial charge in [0.05, 0.1) is 18.7 Å². The number of carbonyl (C=O) groups is 1. The van der Waals surface area contributed by atoms with Gasteiger partial charge in [-0.3, -0.25) is 0 Å². The molecule has 0 atom stereocenters. The van der Waals surface area contributed by atoms with E-state index in [1.165, 1.54) is 25.3 Å². The number of carboxylic acid groups (broad SMARTS) is 1. The second-order valence-electron chi connectivity index (χ2n) is 3.64. The van der Waals surface area contributed by atoms with Gasteiger partial charge < -0.3 is 14.6 Å². The maximum Gasteiger partial charge on any atom is 0.356 e. The summed E-state index contributed by atoms with van der Waals surface area (Å²) in [7, 11) is 1.45. The molecule has 0 aliphatic heterocycles. The van der Waals surface area contributed by atoms with Gasteiger partial charge in [-0.05, 0) is 18.2 Å². The largest absolute Gasteiger partial charge is 0.493 e. The maximum atomic E-state index is 10.6. The Balaban J connectivity index is 2.25. The van der Waals surface area contributed by atoms with Gasteiger partial charge in [0.2, 0.25) is 5.88 Å². The van der Waals surface area contributed by atoms with Crippen molar-refractivity contribution in [2.75, 3.05) is 7.11 Å². The molecule has 20 heavy (non-hydrogen) atoms. The Morgan fingerprint density at radius 2 is 2.05 bits per heavy atom. The number of hydrogen-bond acceptors (Lipinski definition) is 6. The lowest BCUT2D eigenvalue weighted by Gasteiger charge is -2.09. The van der Waals surface area contributed by atoms with Crippen LogP contribution in [0.15, 0.2) is 30.3 Å². The number of ether oxygens (including phenoxy) is 2. The minimum Gasteiger partial charge on any atom is -0.493 e. The molecule has 0 saturated heterocycles. The summed E-state index contributed by atoms with van der Waals surface area (Å²) in [6, 6.07) is 9.29. The van der Waals surface area contributed by atoms with Crippen LogP contribution in [0.1, 0.15) is 16.1 Å². The molecule has 1 aromatic carbocycles. The van der Waals surface area contributed by atoms with Gasteiger partial charge in [0.15, 0.2) is 17.2 Å². The fraction of sp³-hybridized carbons (Fsp3) is 0.0769. The van der Waals surface area contributed by atoms with Crippen LogP contribution in [0.2, 0.25) is 0 Å². The average molecular weight is 271 g/mol. The highest BCUT2D eigenvalue weighted by Crippen LogP contribution is 2.31. The molecule has 0 unspecified atom stereocenters. The Hall–Kier alpha value is -3.14. The van der Waals surface area contributed by atoms with E-state index in [4.69, 9.17) is 19.8 Å². The van der Waals surface area contributed by atoms with Crippen molar-refractivity contribution in [3.8, 4) is 23.4 Å². The Labute approximate surface area is 114 Å². The summed E-state index contributed by atoms with van der Waals surface area (Å²) in [6.07, 6.45) is 0. The molecule has 1 N–H and O–H groups in total. The highest BCUT2D eigenvalue weighted by atomic mass is 16.5. The van der Waals surface area contributed by atoms with E-state index >= 15 is 0 Å². The molecule has 0 saturated carbocycles. The van der Waals surface area contributed by atoms with Crippen molar-refractivity contribution in [1.29, 1.82) is 5.26 Å². The normalized spacial score (nSPS) is 9.60. The van der Waals surface area contributed by atoms with Crippen molar-refractivity contribution >= 4 is 5.97 Å². The number of nitrogens with zero attached hydrogens (tertiary/aromatic N) is 3. The van der Waals surface area contributed by atoms with Crippen LogP contribution in [-0.2, 0) is 0 Å². The fourth-order valence-corrected chi connectivity index (χ4v) is 1.42. The molecule has 0 fully saturated rings. The molecule has 0 radical (unpaired) electrons. The van der Waals surface area contributed by atoms with Gasteiger partial charge in [-0.15, -0.1) is 10.2 Å². The molecule has 100 valence electrons. The number of aromatic carboxylic acids is 1. The second-order valence-corrected chi connectivity index (χ2v) is 3.64. The van der Waals surface area contributed by atoms with Crippen molar-refractivity contribution in [3.63, 3.8) is 0 Å². The average Bonchev–Trinajstić information content (AvgIpc) is 2.48. The summed E-state index contributed by atoms with van der Waals surface area (Å²) in [5.74, 6) is -0.324. The van der Waals surface area contributed by atoms with Crippen molar-refractivity contribution in [1.82, 2.24) is 10.2 Å². The number of benzene rings is 1. The zero-order chi connectivity index (χ0) is 14.5. The quantitative estimate of drug-likeness (QED) is 0.904. The highest BCUT2D eigenvalue weighted by Gasteiger charge is 2.10. The first-order chi connectivity index (χ1) is 9.63. The van der Waals surface area contributed by atoms with Crippen molar-refractivity contribution in [2.24, 2.45) is 0 Å². The lowest BCUT2D eigenvalue weighted by Crippen LogP contribution is -2.02. The van der Waals surface area contributed by atoms with Crippen molar-refractivity contribution in [3.05, 3.63) is 41.6 Å². The minimum absolute atomic E-state index is 0.123. The first kappa shape index (κ1) is 13.3. The van der Waals surface area contributed by atoms with E-state index < -0.39 is 5.97 Å². The molecule has 1 aromatic heterocycles. The van der Waals surface area contributed by atoms with E-state index in [0.717, 1.165) is 0 Å². The first-order valence-electron chi connectivity index (χ1n) is 5.47. The molecule has 7 heteroatoms. The van der Waals surface area contributed by atoms with Crippen LogP contribution in [-0.4, -0.2) is 28.4 Å². The number of nitriles is 1. The molecule has 0 spiro atoms. The van der Waals surface area contributed by atoms with Crippen molar-refractivity contribution in [2.45, 2.75) is 0 Å². The number of hydrogen-bond donors (Lipinski definition) is 1. The molecule has 7 nitrogen and oxygen atoms in total. The van der Waals surface area contributed by atoms with E-state index in [0.29, 0.717) is 17.1 Å². The van der Waals surface area contributed by atoms with E-state index in [2.05, 4.69) is 10.2 Å². The standard InChI is InChI=1S/C13H9N3O4/c1-19-11-6-8(7-14)2-4-10(11)20-12-5-3-9(13(17)18)15-16-12/h2-6H,1H3,(H,17,18). The van der Waals surface area contributed by atoms with Crippen LogP contribution >= 0.6 is 0 Å². The van der Waals surface area contributed by atoms with Crippen LogP contribution in [0.4, 0.5) is 0 Å². The smallest absolute Gasteiger partial charge is 0.356 e. The Bertz CT molecular complexity index is 677. The Kier molecular flexibility index (Phi) is 3.77. The van der Waals surface area contributed by atoms with Gasteiger partial charge in [-0.2, -0.15) is 5.26 Å². The third-order valence-electron chi connectivity index (χ3n) is 2.37. The molecule has 2 rings (SSSR count). The number of methoxy groups -OCH3 is 1. The molecule has 0 aliphatic rings. The zero-order valence-corrected chi connectivity index (χ0v) is 10.4. The van der Waals surface area contributed by atoms with Gasteiger partial charge in [-0.1, -0.05) is 0 Å². The molecule has 0 bridgehead atoms. The maximum absolute atomic E-state index is 10.6. The number of aromatic nitrogens is 2. The van der Waals surface area contributed by atoms with Crippen LogP contribution in [0, 0.1) is 11.3 Å². The van der Waals surface area contributed by atoms with E-state index in [1.807, 2.05) is 6.07 Å². The zero-order valence-electron chi connectivity index (χ0n) is 10.4. The topological polar surface area (TPSA) is 105 Å². The van der Waals surface area contributed by atoms with Crippen LogP contribution in [0.5, 0.6) is 17.4 Å². The molecule has 1 heterocycles. The fourth-order valence-electron chi connectivity index (χ4n) is 1.42.